The smallest absolute Gasteiger partial charge is 0.306 e. The topological polar surface area (TPSA) is 72.8 Å². The maximum Gasteiger partial charge on any atom is 0.306 e. The Labute approximate surface area is 337 Å². The lowest BCUT2D eigenvalue weighted by Crippen LogP contribution is -2.28. The summed E-state index contributed by atoms with van der Waals surface area (Å²) in [6, 6.07) is 0. The van der Waals surface area contributed by atoms with Crippen LogP contribution in [0.1, 0.15) is 271 Å². The molecular formula is C49H94O5. The van der Waals surface area contributed by atoms with E-state index in [0.29, 0.717) is 12.8 Å². The summed E-state index contributed by atoms with van der Waals surface area (Å²) < 4.78 is 10.7. The molecule has 0 aromatic heterocycles. The maximum atomic E-state index is 12.2. The Bertz CT molecular complexity index is 780. The van der Waals surface area contributed by atoms with Crippen LogP contribution in [0.5, 0.6) is 0 Å². The highest BCUT2D eigenvalue weighted by atomic mass is 16.6. The van der Waals surface area contributed by atoms with Gasteiger partial charge in [0.25, 0.3) is 0 Å². The second-order valence-electron chi connectivity index (χ2n) is 16.5. The van der Waals surface area contributed by atoms with Crippen molar-refractivity contribution in [2.45, 2.75) is 277 Å². The maximum absolute atomic E-state index is 12.2. The summed E-state index contributed by atoms with van der Waals surface area (Å²) in [6.07, 6.45) is 54.4. The summed E-state index contributed by atoms with van der Waals surface area (Å²) in [5, 5.41) is 9.61. The largest absolute Gasteiger partial charge is 0.462 e. The Morgan fingerprint density at radius 2 is 0.685 bits per heavy atom. The molecule has 0 rings (SSSR count). The van der Waals surface area contributed by atoms with E-state index in [9.17, 15) is 14.7 Å². The number of ether oxygens (including phenoxy) is 2. The van der Waals surface area contributed by atoms with Gasteiger partial charge in [-0.05, 0) is 38.5 Å². The second kappa shape index (κ2) is 46.0. The number of rotatable bonds is 45. The van der Waals surface area contributed by atoms with E-state index in [1.165, 1.54) is 212 Å². The molecule has 0 saturated heterocycles. The molecule has 0 aliphatic rings. The van der Waals surface area contributed by atoms with Crippen molar-refractivity contribution >= 4 is 11.9 Å². The molecule has 0 saturated carbocycles. The van der Waals surface area contributed by atoms with Crippen LogP contribution in [0.15, 0.2) is 12.2 Å². The van der Waals surface area contributed by atoms with E-state index in [1.807, 2.05) is 0 Å². The summed E-state index contributed by atoms with van der Waals surface area (Å²) in [4.78, 5) is 24.4. The van der Waals surface area contributed by atoms with Crippen molar-refractivity contribution < 1.29 is 24.2 Å². The number of carbonyl (C=O) groups excluding carboxylic acids is 2. The highest BCUT2D eigenvalue weighted by molar-refractivity contribution is 5.70. The lowest BCUT2D eigenvalue weighted by molar-refractivity contribution is -0.161. The summed E-state index contributed by atoms with van der Waals surface area (Å²) in [5.74, 6) is -0.576. The van der Waals surface area contributed by atoms with Gasteiger partial charge in [0.05, 0.1) is 6.61 Å². The first kappa shape index (κ1) is 52.6. The molecule has 0 aromatic rings. The van der Waals surface area contributed by atoms with Crippen LogP contribution in [0.25, 0.3) is 0 Å². The Kier molecular flexibility index (Phi) is 44.9. The molecule has 0 aromatic carbocycles. The standard InChI is InChI=1S/C49H94O5/c1-3-5-7-9-11-13-15-17-19-21-23-24-26-27-29-31-33-35-37-39-41-43-48(51)53-46-47(45-50)54-49(52)44-42-40-38-36-34-32-30-28-25-22-20-18-16-14-12-10-8-6-4-2/h18,20,47,50H,3-17,19,21-46H2,1-2H3/b20-18-/t47-/m0/s1. The lowest BCUT2D eigenvalue weighted by Gasteiger charge is -2.15. The van der Waals surface area contributed by atoms with E-state index in [1.54, 1.807) is 0 Å². The fourth-order valence-electron chi connectivity index (χ4n) is 7.38. The number of allylic oxidation sites excluding steroid dienone is 2. The van der Waals surface area contributed by atoms with Gasteiger partial charge in [-0.1, -0.05) is 231 Å². The predicted molar refractivity (Wildman–Crippen MR) is 233 cm³/mol. The van der Waals surface area contributed by atoms with E-state index in [-0.39, 0.29) is 25.2 Å². The van der Waals surface area contributed by atoms with E-state index < -0.39 is 6.10 Å². The molecule has 0 aliphatic carbocycles. The van der Waals surface area contributed by atoms with Gasteiger partial charge in [-0.3, -0.25) is 9.59 Å². The number of esters is 2. The zero-order valence-electron chi connectivity index (χ0n) is 36.5. The van der Waals surface area contributed by atoms with Crippen LogP contribution in [-0.2, 0) is 19.1 Å². The molecule has 1 N–H and O–H groups in total. The van der Waals surface area contributed by atoms with Gasteiger partial charge in [0, 0.05) is 12.8 Å². The van der Waals surface area contributed by atoms with E-state index in [0.717, 1.165) is 32.1 Å². The van der Waals surface area contributed by atoms with Crippen molar-refractivity contribution in [1.82, 2.24) is 0 Å². The first-order valence-corrected chi connectivity index (χ1v) is 24.2. The molecule has 1 atom stereocenters. The number of hydrogen-bond donors (Lipinski definition) is 1. The fraction of sp³-hybridized carbons (Fsp3) is 0.918. The SMILES string of the molecule is CCCCCCCC/C=C\CCCCCCCCCCCC(=O)O[C@@H](CO)COC(=O)CCCCCCCCCCCCCCCCCCCCCCC. The normalized spacial score (nSPS) is 12.1. The van der Waals surface area contributed by atoms with Crippen LogP contribution < -0.4 is 0 Å². The van der Waals surface area contributed by atoms with Crippen LogP contribution in [0, 0.1) is 0 Å². The minimum atomic E-state index is -0.767. The average Bonchev–Trinajstić information content (AvgIpc) is 3.17. The molecule has 5 heteroatoms. The Balaban J connectivity index is 3.46. The zero-order chi connectivity index (χ0) is 39.3. The van der Waals surface area contributed by atoms with Crippen molar-refractivity contribution in [3.8, 4) is 0 Å². The van der Waals surface area contributed by atoms with Gasteiger partial charge >= 0.3 is 11.9 Å². The van der Waals surface area contributed by atoms with Gasteiger partial charge < -0.3 is 14.6 Å². The molecule has 5 nitrogen and oxygen atoms in total. The molecule has 0 bridgehead atoms. The van der Waals surface area contributed by atoms with Gasteiger partial charge in [-0.2, -0.15) is 0 Å². The first-order chi connectivity index (χ1) is 26.6. The third-order valence-electron chi connectivity index (χ3n) is 11.1. The van der Waals surface area contributed by atoms with Gasteiger partial charge in [-0.25, -0.2) is 0 Å². The monoisotopic (exact) mass is 763 g/mol. The Morgan fingerprint density at radius 1 is 0.407 bits per heavy atom. The highest BCUT2D eigenvalue weighted by Crippen LogP contribution is 2.16. The Morgan fingerprint density at radius 3 is 1.00 bits per heavy atom. The highest BCUT2D eigenvalue weighted by Gasteiger charge is 2.16. The van der Waals surface area contributed by atoms with Crippen LogP contribution in [0.4, 0.5) is 0 Å². The van der Waals surface area contributed by atoms with Crippen molar-refractivity contribution in [3.63, 3.8) is 0 Å². The summed E-state index contributed by atoms with van der Waals surface area (Å²) in [6.45, 7) is 4.18. The number of carbonyl (C=O) groups is 2. The molecule has 0 aliphatic heterocycles. The molecule has 0 amide bonds. The number of aliphatic hydroxyl groups excluding tert-OH is 1. The van der Waals surface area contributed by atoms with Crippen molar-refractivity contribution in [1.29, 1.82) is 0 Å². The molecule has 320 valence electrons. The molecule has 54 heavy (non-hydrogen) atoms. The molecule has 0 fully saturated rings. The molecule has 0 spiro atoms. The van der Waals surface area contributed by atoms with E-state index in [2.05, 4.69) is 26.0 Å². The number of aliphatic hydroxyl groups is 1. The number of unbranched alkanes of at least 4 members (excludes halogenated alkanes) is 35. The quantitative estimate of drug-likeness (QED) is 0.0380. The van der Waals surface area contributed by atoms with Crippen LogP contribution in [0.3, 0.4) is 0 Å². The third kappa shape index (κ3) is 43.4. The Hall–Kier alpha value is -1.36. The van der Waals surface area contributed by atoms with Crippen molar-refractivity contribution in [2.24, 2.45) is 0 Å². The van der Waals surface area contributed by atoms with Crippen LogP contribution >= 0.6 is 0 Å². The van der Waals surface area contributed by atoms with Crippen molar-refractivity contribution in [3.05, 3.63) is 12.2 Å². The minimum absolute atomic E-state index is 0.0597. The minimum Gasteiger partial charge on any atom is -0.462 e. The van der Waals surface area contributed by atoms with Gasteiger partial charge in [-0.15, -0.1) is 0 Å². The number of hydrogen-bond acceptors (Lipinski definition) is 5. The van der Waals surface area contributed by atoms with Gasteiger partial charge in [0.1, 0.15) is 6.61 Å². The van der Waals surface area contributed by atoms with Crippen LogP contribution in [0.2, 0.25) is 0 Å². The molecular weight excluding hydrogens is 669 g/mol. The summed E-state index contributed by atoms with van der Waals surface area (Å²) in [7, 11) is 0. The average molecular weight is 763 g/mol. The first-order valence-electron chi connectivity index (χ1n) is 24.2. The second-order valence-corrected chi connectivity index (χ2v) is 16.5. The van der Waals surface area contributed by atoms with E-state index >= 15 is 0 Å². The van der Waals surface area contributed by atoms with Crippen molar-refractivity contribution in [2.75, 3.05) is 13.2 Å². The molecule has 0 radical (unpaired) electrons. The lowest BCUT2D eigenvalue weighted by atomic mass is 10.0. The zero-order valence-corrected chi connectivity index (χ0v) is 36.5. The summed E-state index contributed by atoms with van der Waals surface area (Å²) >= 11 is 0. The van der Waals surface area contributed by atoms with Crippen LogP contribution in [-0.4, -0.2) is 36.4 Å². The van der Waals surface area contributed by atoms with Gasteiger partial charge in [0.2, 0.25) is 0 Å². The molecule has 0 unspecified atom stereocenters. The fourth-order valence-corrected chi connectivity index (χ4v) is 7.38. The molecule has 0 heterocycles. The predicted octanol–water partition coefficient (Wildman–Crippen LogP) is 15.6. The van der Waals surface area contributed by atoms with E-state index in [4.69, 9.17) is 9.47 Å². The third-order valence-corrected chi connectivity index (χ3v) is 11.1. The van der Waals surface area contributed by atoms with Gasteiger partial charge in [0.15, 0.2) is 6.10 Å². The summed E-state index contributed by atoms with van der Waals surface area (Å²) in [5.41, 5.74) is 0.